The van der Waals surface area contributed by atoms with Gasteiger partial charge in [-0.3, -0.25) is 4.79 Å². The number of carbonyl (C=O) groups excluding carboxylic acids is 1. The summed E-state index contributed by atoms with van der Waals surface area (Å²) < 4.78 is 0. The van der Waals surface area contributed by atoms with E-state index in [1.165, 1.54) is 10.4 Å². The van der Waals surface area contributed by atoms with E-state index in [1.807, 2.05) is 7.05 Å². The zero-order valence-electron chi connectivity index (χ0n) is 9.19. The topological polar surface area (TPSA) is 20.3 Å². The molecule has 0 unspecified atom stereocenters. The number of likely N-dealkylation sites (N-methyl/N-ethyl adjacent to an activating group) is 1. The molecule has 0 saturated carbocycles. The van der Waals surface area contributed by atoms with Crippen molar-refractivity contribution in [3.05, 3.63) is 21.9 Å². The average Bonchev–Trinajstić information content (AvgIpc) is 2.61. The average molecular weight is 243 g/mol. The van der Waals surface area contributed by atoms with Gasteiger partial charge < -0.3 is 4.90 Å². The van der Waals surface area contributed by atoms with Crippen LogP contribution in [0.3, 0.4) is 0 Å². The van der Waals surface area contributed by atoms with E-state index in [-0.39, 0.29) is 5.91 Å². The molecule has 0 fully saturated rings. The maximum absolute atomic E-state index is 11.5. The number of hydrogen-bond donors (Lipinski definition) is 1. The molecule has 1 aromatic rings. The van der Waals surface area contributed by atoms with Crippen molar-refractivity contribution in [2.45, 2.75) is 19.8 Å². The largest absolute Gasteiger partial charge is 0.345 e. The first-order valence-corrected chi connectivity index (χ1v) is 6.54. The molecule has 1 aromatic heterocycles. The normalized spacial score (nSPS) is 10.3. The minimum atomic E-state index is 0.180. The van der Waals surface area contributed by atoms with E-state index in [9.17, 15) is 4.79 Å². The molecule has 0 bridgehead atoms. The van der Waals surface area contributed by atoms with Gasteiger partial charge in [0.15, 0.2) is 0 Å². The van der Waals surface area contributed by atoms with Crippen LogP contribution in [0, 0.1) is 6.92 Å². The second-order valence-electron chi connectivity index (χ2n) is 3.57. The second-order valence-corrected chi connectivity index (χ2v) is 5.01. The predicted molar refractivity (Wildman–Crippen MR) is 68.9 cm³/mol. The van der Waals surface area contributed by atoms with Crippen LogP contribution in [-0.4, -0.2) is 30.2 Å². The fourth-order valence-corrected chi connectivity index (χ4v) is 2.43. The molecule has 0 aromatic carbocycles. The molecule has 0 aliphatic heterocycles. The zero-order chi connectivity index (χ0) is 11.3. The zero-order valence-corrected chi connectivity index (χ0v) is 10.9. The van der Waals surface area contributed by atoms with Crippen molar-refractivity contribution in [1.29, 1.82) is 0 Å². The summed E-state index contributed by atoms with van der Waals surface area (Å²) in [6.45, 7) is 2.91. The van der Waals surface area contributed by atoms with E-state index in [2.05, 4.69) is 31.0 Å². The Bertz CT molecular complexity index is 322. The monoisotopic (exact) mass is 243 g/mol. The van der Waals surface area contributed by atoms with Crippen molar-refractivity contribution in [1.82, 2.24) is 4.90 Å². The summed E-state index contributed by atoms with van der Waals surface area (Å²) in [7, 11) is 1.86. The lowest BCUT2D eigenvalue weighted by Crippen LogP contribution is -2.28. The summed E-state index contributed by atoms with van der Waals surface area (Å²) in [5.74, 6) is 0.806. The van der Waals surface area contributed by atoms with E-state index in [0.29, 0.717) is 12.2 Å². The van der Waals surface area contributed by atoms with Crippen molar-refractivity contribution < 1.29 is 4.79 Å². The van der Waals surface area contributed by atoms with Crippen molar-refractivity contribution >= 4 is 29.9 Å². The van der Waals surface area contributed by atoms with E-state index >= 15 is 0 Å². The number of hydrogen-bond acceptors (Lipinski definition) is 3. The first-order chi connectivity index (χ1) is 7.15. The molecule has 1 rings (SSSR count). The molecule has 0 aliphatic rings. The van der Waals surface area contributed by atoms with Crippen molar-refractivity contribution in [2.24, 2.45) is 0 Å². The van der Waals surface area contributed by atoms with Gasteiger partial charge in [0.05, 0.1) is 0 Å². The number of amides is 1. The third kappa shape index (κ3) is 3.87. The van der Waals surface area contributed by atoms with Crippen molar-refractivity contribution in [3.63, 3.8) is 0 Å². The molecule has 4 heteroatoms. The molecule has 0 radical (unpaired) electrons. The molecule has 1 heterocycles. The highest BCUT2D eigenvalue weighted by molar-refractivity contribution is 7.80. The molecular weight excluding hydrogens is 226 g/mol. The number of carbonyl (C=O) groups is 1. The number of rotatable bonds is 5. The summed E-state index contributed by atoms with van der Waals surface area (Å²) in [5.41, 5.74) is 1.33. The fourth-order valence-electron chi connectivity index (χ4n) is 1.34. The fraction of sp³-hybridized carbons (Fsp3) is 0.545. The smallest absolute Gasteiger partial charge is 0.223 e. The van der Waals surface area contributed by atoms with Crippen LogP contribution >= 0.6 is 24.0 Å². The second kappa shape index (κ2) is 6.18. The summed E-state index contributed by atoms with van der Waals surface area (Å²) in [6, 6.07) is 2.12. The lowest BCUT2D eigenvalue weighted by Gasteiger charge is -2.16. The summed E-state index contributed by atoms with van der Waals surface area (Å²) >= 11 is 5.82. The van der Waals surface area contributed by atoms with E-state index in [4.69, 9.17) is 0 Å². The third-order valence-electron chi connectivity index (χ3n) is 2.39. The van der Waals surface area contributed by atoms with Gasteiger partial charge >= 0.3 is 0 Å². The molecule has 0 saturated heterocycles. The highest BCUT2D eigenvalue weighted by Gasteiger charge is 2.08. The molecule has 2 nitrogen and oxygen atoms in total. The Kier molecular flexibility index (Phi) is 5.19. The van der Waals surface area contributed by atoms with Gasteiger partial charge in [0.25, 0.3) is 0 Å². The van der Waals surface area contributed by atoms with Gasteiger partial charge in [-0.1, -0.05) is 0 Å². The minimum absolute atomic E-state index is 0.180. The van der Waals surface area contributed by atoms with Crippen LogP contribution in [0.2, 0.25) is 0 Å². The lowest BCUT2D eigenvalue weighted by molar-refractivity contribution is -0.129. The van der Waals surface area contributed by atoms with Crippen LogP contribution < -0.4 is 0 Å². The Morgan fingerprint density at radius 3 is 2.87 bits per heavy atom. The van der Waals surface area contributed by atoms with Gasteiger partial charge in [-0.2, -0.15) is 12.6 Å². The Morgan fingerprint density at radius 1 is 1.60 bits per heavy atom. The number of thiol groups is 1. The number of nitrogens with zero attached hydrogens (tertiary/aromatic N) is 1. The number of aryl methyl sites for hydroxylation is 1. The van der Waals surface area contributed by atoms with Crippen LogP contribution in [0.25, 0.3) is 0 Å². The molecule has 15 heavy (non-hydrogen) atoms. The maximum atomic E-state index is 11.5. The molecule has 0 spiro atoms. The SMILES string of the molecule is Cc1ccsc1CCN(C)C(=O)CCS. The van der Waals surface area contributed by atoms with Crippen molar-refractivity contribution in [2.75, 3.05) is 19.3 Å². The molecule has 0 aliphatic carbocycles. The van der Waals surface area contributed by atoms with Crippen LogP contribution in [0.15, 0.2) is 11.4 Å². The van der Waals surface area contributed by atoms with Gasteiger partial charge in [0.2, 0.25) is 5.91 Å². The standard InChI is InChI=1S/C11H17NOS2/c1-9-5-8-15-10(9)3-6-12(2)11(13)4-7-14/h5,8,14H,3-4,6-7H2,1-2H3. The highest BCUT2D eigenvalue weighted by Crippen LogP contribution is 2.16. The minimum Gasteiger partial charge on any atom is -0.345 e. The first kappa shape index (κ1) is 12.6. The van der Waals surface area contributed by atoms with E-state index < -0.39 is 0 Å². The summed E-state index contributed by atoms with van der Waals surface area (Å²) in [6.07, 6.45) is 1.49. The highest BCUT2D eigenvalue weighted by atomic mass is 32.1. The van der Waals surface area contributed by atoms with Crippen LogP contribution in [-0.2, 0) is 11.2 Å². The molecular formula is C11H17NOS2. The van der Waals surface area contributed by atoms with E-state index in [1.54, 1.807) is 16.2 Å². The maximum Gasteiger partial charge on any atom is 0.223 e. The first-order valence-electron chi connectivity index (χ1n) is 5.03. The van der Waals surface area contributed by atoms with Gasteiger partial charge in [-0.05, 0) is 36.1 Å². The van der Waals surface area contributed by atoms with Crippen LogP contribution in [0.5, 0.6) is 0 Å². The van der Waals surface area contributed by atoms with Crippen LogP contribution in [0.1, 0.15) is 16.9 Å². The summed E-state index contributed by atoms with van der Waals surface area (Å²) in [4.78, 5) is 14.6. The predicted octanol–water partition coefficient (Wildman–Crippen LogP) is 2.38. The molecule has 1 amide bonds. The Labute approximate surface area is 101 Å². The number of thiophene rings is 1. The lowest BCUT2D eigenvalue weighted by atomic mass is 10.2. The third-order valence-corrected chi connectivity index (χ3v) is 3.70. The Morgan fingerprint density at radius 2 is 2.33 bits per heavy atom. The summed E-state index contributed by atoms with van der Waals surface area (Å²) in [5, 5.41) is 2.10. The quantitative estimate of drug-likeness (QED) is 0.787. The molecule has 0 atom stereocenters. The van der Waals surface area contributed by atoms with Gasteiger partial charge in [-0.15, -0.1) is 11.3 Å². The molecule has 84 valence electrons. The van der Waals surface area contributed by atoms with Gasteiger partial charge in [0, 0.05) is 24.9 Å². The Hall–Kier alpha value is -0.480. The van der Waals surface area contributed by atoms with Crippen molar-refractivity contribution in [3.8, 4) is 0 Å². The van der Waals surface area contributed by atoms with Gasteiger partial charge in [-0.25, -0.2) is 0 Å². The Balaban J connectivity index is 2.37. The van der Waals surface area contributed by atoms with Gasteiger partial charge in [0.1, 0.15) is 0 Å². The molecule has 0 N–H and O–H groups in total. The van der Waals surface area contributed by atoms with Crippen LogP contribution in [0.4, 0.5) is 0 Å². The van der Waals surface area contributed by atoms with E-state index in [0.717, 1.165) is 13.0 Å².